The summed E-state index contributed by atoms with van der Waals surface area (Å²) in [6.45, 7) is 7.23. The number of fused-ring (bicyclic) bond motifs is 3. The van der Waals surface area contributed by atoms with Crippen molar-refractivity contribution in [3.8, 4) is 5.75 Å². The average molecular weight is 545 g/mol. The van der Waals surface area contributed by atoms with E-state index in [1.807, 2.05) is 48.5 Å². The second-order valence-electron chi connectivity index (χ2n) is 11.0. The van der Waals surface area contributed by atoms with Crippen molar-refractivity contribution in [3.63, 3.8) is 0 Å². The second-order valence-corrected chi connectivity index (χ2v) is 11.0. The molecule has 192 valence electrons. The third-order valence-corrected chi connectivity index (χ3v) is 9.25. The largest absolute Gasteiger partial charge is 1.00 e. The Morgan fingerprint density at radius 3 is 2.20 bits per heavy atom. The number of quaternary nitrogens is 1. The summed E-state index contributed by atoms with van der Waals surface area (Å²) in [7, 11) is 0. The molecule has 0 radical (unpaired) electrons. The molecule has 2 aromatic carbocycles. The molecule has 1 N–H and O–H groups in total. The third kappa shape index (κ3) is 5.64. The summed E-state index contributed by atoms with van der Waals surface area (Å²) in [6.07, 6.45) is 8.39. The molecule has 6 rings (SSSR count). The lowest BCUT2D eigenvalue weighted by Crippen LogP contribution is -3.00. The predicted molar refractivity (Wildman–Crippen MR) is 136 cm³/mol. The molecule has 3 saturated heterocycles. The first-order chi connectivity index (χ1) is 16.6. The Balaban J connectivity index is 0.00000289. The maximum atomic E-state index is 12.0. The first-order valence-electron chi connectivity index (χ1n) is 13.5. The standard InChI is InChI=1S/C30H42NO3.BrH/c1-24-29(34-23-30(32,27-13-8-9-14-27)26-11-4-2-5-12-26)25-17-20-31(24,21-18-25)19-10-22-33-28-15-6-3-7-16-28;/h2-7,11-12,15-16,24-25,27,29,32H,8-10,13-14,17-23H2,1H3;1H/q+1;/p-1. The average Bonchev–Trinajstić information content (AvgIpc) is 3.44. The number of ether oxygens (including phenoxy) is 2. The lowest BCUT2D eigenvalue weighted by Gasteiger charge is -2.57. The minimum absolute atomic E-state index is 0. The first kappa shape index (κ1) is 26.7. The fourth-order valence-corrected chi connectivity index (χ4v) is 7.12. The van der Waals surface area contributed by atoms with Crippen molar-refractivity contribution in [1.29, 1.82) is 0 Å². The van der Waals surface area contributed by atoms with Crippen LogP contribution in [0.25, 0.3) is 0 Å². The van der Waals surface area contributed by atoms with Gasteiger partial charge in [0.1, 0.15) is 23.5 Å². The van der Waals surface area contributed by atoms with Crippen molar-refractivity contribution >= 4 is 0 Å². The highest BCUT2D eigenvalue weighted by Gasteiger charge is 2.52. The molecule has 1 aliphatic carbocycles. The summed E-state index contributed by atoms with van der Waals surface area (Å²) in [6, 6.07) is 20.9. The number of hydrogen-bond donors (Lipinski definition) is 1. The van der Waals surface area contributed by atoms with Gasteiger partial charge in [0.05, 0.1) is 32.8 Å². The second kappa shape index (κ2) is 11.8. The molecule has 3 aliphatic heterocycles. The molecule has 3 unspecified atom stereocenters. The van der Waals surface area contributed by atoms with Crippen molar-refractivity contribution in [1.82, 2.24) is 0 Å². The zero-order chi connectivity index (χ0) is 23.4. The third-order valence-electron chi connectivity index (χ3n) is 9.25. The van der Waals surface area contributed by atoms with Gasteiger partial charge in [-0.25, -0.2) is 0 Å². The maximum absolute atomic E-state index is 12.0. The normalized spacial score (nSPS) is 29.9. The van der Waals surface area contributed by atoms with Gasteiger partial charge >= 0.3 is 0 Å². The van der Waals surface area contributed by atoms with Crippen molar-refractivity contribution in [2.45, 2.75) is 69.6 Å². The van der Waals surface area contributed by atoms with E-state index < -0.39 is 5.60 Å². The monoisotopic (exact) mass is 543 g/mol. The maximum Gasteiger partial charge on any atom is 0.119 e. The van der Waals surface area contributed by atoms with E-state index in [4.69, 9.17) is 9.47 Å². The van der Waals surface area contributed by atoms with Gasteiger partial charge in [0.2, 0.25) is 0 Å². The minimum Gasteiger partial charge on any atom is -1.00 e. The molecule has 35 heavy (non-hydrogen) atoms. The molecule has 2 bridgehead atoms. The van der Waals surface area contributed by atoms with Crippen LogP contribution >= 0.6 is 0 Å². The molecular weight excluding hydrogens is 502 g/mol. The van der Waals surface area contributed by atoms with Crippen LogP contribution in [-0.2, 0) is 10.3 Å². The highest BCUT2D eigenvalue weighted by molar-refractivity contribution is 5.24. The molecule has 2 aromatic rings. The van der Waals surface area contributed by atoms with Gasteiger partial charge in [0.15, 0.2) is 0 Å². The van der Waals surface area contributed by atoms with Crippen LogP contribution in [0.4, 0.5) is 0 Å². The summed E-state index contributed by atoms with van der Waals surface area (Å²) >= 11 is 0. The molecule has 0 spiro atoms. The molecule has 1 saturated carbocycles. The smallest absolute Gasteiger partial charge is 0.119 e. The number of aliphatic hydroxyl groups is 1. The predicted octanol–water partition coefficient (Wildman–Crippen LogP) is 2.55. The van der Waals surface area contributed by atoms with E-state index in [1.54, 1.807) is 0 Å². The zero-order valence-corrected chi connectivity index (χ0v) is 22.7. The van der Waals surface area contributed by atoms with Gasteiger partial charge < -0.3 is 36.0 Å². The Labute approximate surface area is 222 Å². The minimum atomic E-state index is -0.877. The number of nitrogens with zero attached hydrogens (tertiary/aromatic N) is 1. The SMILES string of the molecule is CC1C(OCC(O)(c2ccccc2)C2CCCC2)C2CC[N+]1(CCCOc1ccccc1)CC2.[Br-]. The topological polar surface area (TPSA) is 38.7 Å². The van der Waals surface area contributed by atoms with Gasteiger partial charge in [-0.3, -0.25) is 0 Å². The van der Waals surface area contributed by atoms with E-state index in [-0.39, 0.29) is 23.1 Å². The van der Waals surface area contributed by atoms with E-state index in [9.17, 15) is 5.11 Å². The van der Waals surface area contributed by atoms with E-state index >= 15 is 0 Å². The van der Waals surface area contributed by atoms with Crippen molar-refractivity contribution in [2.75, 3.05) is 32.8 Å². The Hall–Kier alpha value is -1.40. The molecule has 3 atom stereocenters. The lowest BCUT2D eigenvalue weighted by molar-refractivity contribution is -0.968. The van der Waals surface area contributed by atoms with Gasteiger partial charge in [-0.15, -0.1) is 0 Å². The van der Waals surface area contributed by atoms with Crippen LogP contribution < -0.4 is 21.7 Å². The van der Waals surface area contributed by atoms with Gasteiger partial charge in [-0.05, 0) is 43.4 Å². The molecular formula is C30H42BrNO3. The number of para-hydroxylation sites is 1. The molecule has 0 aromatic heterocycles. The lowest BCUT2D eigenvalue weighted by atomic mass is 9.77. The molecule has 0 amide bonds. The van der Waals surface area contributed by atoms with Crippen LogP contribution in [0.15, 0.2) is 60.7 Å². The highest BCUT2D eigenvalue weighted by Crippen LogP contribution is 2.44. The number of benzene rings is 2. The van der Waals surface area contributed by atoms with Crippen LogP contribution in [-0.4, -0.2) is 54.6 Å². The quantitative estimate of drug-likeness (QED) is 0.369. The summed E-state index contributed by atoms with van der Waals surface area (Å²) in [5.74, 6) is 1.88. The molecule has 3 heterocycles. The number of piperidine rings is 3. The molecule has 4 nitrogen and oxygen atoms in total. The fraction of sp³-hybridized carbons (Fsp3) is 0.600. The zero-order valence-electron chi connectivity index (χ0n) is 21.2. The van der Waals surface area contributed by atoms with E-state index in [1.165, 1.54) is 38.8 Å². The van der Waals surface area contributed by atoms with Crippen molar-refractivity contribution < 1.29 is 36.0 Å². The van der Waals surface area contributed by atoms with Crippen molar-refractivity contribution in [3.05, 3.63) is 66.2 Å². The fourth-order valence-electron chi connectivity index (χ4n) is 7.12. The summed E-state index contributed by atoms with van der Waals surface area (Å²) in [5.41, 5.74) is 0.149. The van der Waals surface area contributed by atoms with Crippen LogP contribution in [0.2, 0.25) is 0 Å². The number of hydrogen-bond acceptors (Lipinski definition) is 3. The van der Waals surface area contributed by atoms with Gasteiger partial charge in [-0.2, -0.15) is 0 Å². The summed E-state index contributed by atoms with van der Waals surface area (Å²) < 4.78 is 13.9. The van der Waals surface area contributed by atoms with Crippen molar-refractivity contribution in [2.24, 2.45) is 11.8 Å². The number of halogens is 1. The van der Waals surface area contributed by atoms with E-state index in [0.717, 1.165) is 48.2 Å². The van der Waals surface area contributed by atoms with Crippen LogP contribution in [0.5, 0.6) is 5.75 Å². The van der Waals surface area contributed by atoms with Crippen LogP contribution in [0.1, 0.15) is 57.4 Å². The first-order valence-corrected chi connectivity index (χ1v) is 13.5. The highest BCUT2D eigenvalue weighted by atomic mass is 79.9. The molecule has 5 heteroatoms. The van der Waals surface area contributed by atoms with E-state index in [0.29, 0.717) is 24.5 Å². The number of rotatable bonds is 10. The summed E-state index contributed by atoms with van der Waals surface area (Å²) in [4.78, 5) is 0. The Morgan fingerprint density at radius 1 is 0.914 bits per heavy atom. The van der Waals surface area contributed by atoms with Crippen LogP contribution in [0, 0.1) is 11.8 Å². The van der Waals surface area contributed by atoms with E-state index in [2.05, 4.69) is 19.1 Å². The van der Waals surface area contributed by atoms with Crippen LogP contribution in [0.3, 0.4) is 0 Å². The Bertz CT molecular complexity index is 896. The molecule has 4 aliphatic rings. The Morgan fingerprint density at radius 2 is 1.54 bits per heavy atom. The van der Waals surface area contributed by atoms with Gasteiger partial charge in [0.25, 0.3) is 0 Å². The molecule has 4 fully saturated rings. The van der Waals surface area contributed by atoms with Gasteiger partial charge in [0, 0.05) is 25.2 Å². The van der Waals surface area contributed by atoms with Gasteiger partial charge in [-0.1, -0.05) is 61.4 Å². The Kier molecular flexibility index (Phi) is 8.96. The summed E-state index contributed by atoms with van der Waals surface area (Å²) in [5, 5.41) is 12.0.